The summed E-state index contributed by atoms with van der Waals surface area (Å²) in [6.45, 7) is 4.27. The van der Waals surface area contributed by atoms with Crippen LogP contribution in [0.25, 0.3) is 44.8 Å². The zero-order valence-corrected chi connectivity index (χ0v) is 21.2. The quantitative estimate of drug-likeness (QED) is 0.290. The van der Waals surface area contributed by atoms with E-state index in [1.165, 1.54) is 5.69 Å². The summed E-state index contributed by atoms with van der Waals surface area (Å²) in [4.78, 5) is 21.5. The fourth-order valence-corrected chi connectivity index (χ4v) is 4.99. The van der Waals surface area contributed by atoms with Crippen LogP contribution in [-0.2, 0) is 0 Å². The molecule has 2 N–H and O–H groups in total. The van der Waals surface area contributed by atoms with Crippen LogP contribution in [0.15, 0.2) is 91.0 Å². The highest BCUT2D eigenvalue weighted by molar-refractivity contribution is 5.87. The molecule has 7 rings (SSSR count). The molecule has 7 heteroatoms. The Hall–Kier alpha value is -4.62. The van der Waals surface area contributed by atoms with Crippen molar-refractivity contribution in [1.29, 1.82) is 0 Å². The highest BCUT2D eigenvalue weighted by Crippen LogP contribution is 2.29. The number of likely N-dealkylation sites (N-methyl/N-ethyl adjacent to an activating group) is 1. The number of rotatable bonds is 5. The van der Waals surface area contributed by atoms with E-state index in [1.54, 1.807) is 0 Å². The first-order chi connectivity index (χ1) is 18.7. The van der Waals surface area contributed by atoms with Gasteiger partial charge in [-0.3, -0.25) is 0 Å². The van der Waals surface area contributed by atoms with E-state index in [9.17, 15) is 0 Å². The predicted octanol–water partition coefficient (Wildman–Crippen LogP) is 6.32. The standard InChI is InChI=1S/C31H28N6O/c1-36-15-17-37(18-16-36)23-10-14-27-29(20-23)35-31(33-27)22-9-13-26-28(19-22)34-30(32-26)21-7-11-25(12-8-21)38-24-5-3-2-4-6-24/h2-14,19-20H,15-18H2,1H3,(H,32,34)(H,33,35). The minimum Gasteiger partial charge on any atom is -0.457 e. The molecule has 0 amide bonds. The summed E-state index contributed by atoms with van der Waals surface area (Å²) in [5.74, 6) is 3.29. The molecule has 0 bridgehead atoms. The molecule has 0 radical (unpaired) electrons. The summed E-state index contributed by atoms with van der Waals surface area (Å²) in [7, 11) is 2.18. The van der Waals surface area contributed by atoms with Crippen LogP contribution in [0, 0.1) is 0 Å². The maximum Gasteiger partial charge on any atom is 0.138 e. The van der Waals surface area contributed by atoms with Crippen molar-refractivity contribution in [2.75, 3.05) is 38.1 Å². The number of nitrogens with zero attached hydrogens (tertiary/aromatic N) is 4. The van der Waals surface area contributed by atoms with Gasteiger partial charge in [-0.2, -0.15) is 0 Å². The third kappa shape index (κ3) is 4.37. The largest absolute Gasteiger partial charge is 0.457 e. The van der Waals surface area contributed by atoms with Crippen molar-refractivity contribution in [3.05, 3.63) is 91.0 Å². The molecule has 0 saturated carbocycles. The number of piperazine rings is 1. The lowest BCUT2D eigenvalue weighted by Crippen LogP contribution is -2.44. The number of hydrogen-bond donors (Lipinski definition) is 2. The van der Waals surface area contributed by atoms with Crippen molar-refractivity contribution in [1.82, 2.24) is 24.8 Å². The number of ether oxygens (including phenoxy) is 1. The molecule has 2 aromatic heterocycles. The molecule has 0 unspecified atom stereocenters. The average molecular weight is 501 g/mol. The molecule has 188 valence electrons. The lowest BCUT2D eigenvalue weighted by molar-refractivity contribution is 0.313. The van der Waals surface area contributed by atoms with Crippen LogP contribution in [-0.4, -0.2) is 58.1 Å². The number of aromatic nitrogens is 4. The van der Waals surface area contributed by atoms with E-state index in [-0.39, 0.29) is 0 Å². The van der Waals surface area contributed by atoms with Gasteiger partial charge in [-0.25, -0.2) is 9.97 Å². The Bertz CT molecular complexity index is 1710. The van der Waals surface area contributed by atoms with Crippen molar-refractivity contribution in [2.24, 2.45) is 0 Å². The van der Waals surface area contributed by atoms with Crippen LogP contribution in [0.2, 0.25) is 0 Å². The number of hydrogen-bond acceptors (Lipinski definition) is 5. The Morgan fingerprint density at radius 3 is 1.97 bits per heavy atom. The van der Waals surface area contributed by atoms with Crippen LogP contribution in [0.5, 0.6) is 11.5 Å². The van der Waals surface area contributed by atoms with Crippen LogP contribution < -0.4 is 9.64 Å². The second-order valence-corrected chi connectivity index (χ2v) is 9.83. The van der Waals surface area contributed by atoms with Crippen LogP contribution in [0.1, 0.15) is 0 Å². The second-order valence-electron chi connectivity index (χ2n) is 9.83. The van der Waals surface area contributed by atoms with Gasteiger partial charge in [0.15, 0.2) is 0 Å². The van der Waals surface area contributed by atoms with Crippen molar-refractivity contribution >= 4 is 27.8 Å². The molecule has 0 spiro atoms. The fourth-order valence-electron chi connectivity index (χ4n) is 4.99. The van der Waals surface area contributed by atoms with Crippen molar-refractivity contribution in [2.45, 2.75) is 0 Å². The van der Waals surface area contributed by atoms with E-state index in [1.807, 2.05) is 60.7 Å². The second kappa shape index (κ2) is 9.36. The molecule has 38 heavy (non-hydrogen) atoms. The minimum absolute atomic E-state index is 0.791. The Kier molecular flexibility index (Phi) is 5.56. The number of aromatic amines is 2. The van der Waals surface area contributed by atoms with E-state index in [2.05, 4.69) is 57.1 Å². The average Bonchev–Trinajstić information content (AvgIpc) is 3.58. The van der Waals surface area contributed by atoms with Crippen LogP contribution in [0.3, 0.4) is 0 Å². The third-order valence-electron chi connectivity index (χ3n) is 7.20. The maximum absolute atomic E-state index is 5.92. The summed E-state index contributed by atoms with van der Waals surface area (Å²) < 4.78 is 5.92. The zero-order valence-electron chi connectivity index (χ0n) is 21.2. The number of para-hydroxylation sites is 1. The molecule has 7 nitrogen and oxygen atoms in total. The number of fused-ring (bicyclic) bond motifs is 2. The molecule has 0 aliphatic carbocycles. The van der Waals surface area contributed by atoms with Gasteiger partial charge in [0, 0.05) is 43.0 Å². The third-order valence-corrected chi connectivity index (χ3v) is 7.20. The molecule has 1 aliphatic heterocycles. The molecule has 3 heterocycles. The van der Waals surface area contributed by atoms with E-state index in [0.29, 0.717) is 0 Å². The van der Waals surface area contributed by atoms with Crippen molar-refractivity contribution in [3.8, 4) is 34.3 Å². The van der Waals surface area contributed by atoms with Gasteiger partial charge in [-0.1, -0.05) is 18.2 Å². The molecule has 4 aromatic carbocycles. The summed E-state index contributed by atoms with van der Waals surface area (Å²) in [6.07, 6.45) is 0. The van der Waals surface area contributed by atoms with Gasteiger partial charge in [-0.05, 0) is 79.8 Å². The normalized spacial score (nSPS) is 14.4. The van der Waals surface area contributed by atoms with Crippen LogP contribution >= 0.6 is 0 Å². The molecular weight excluding hydrogens is 472 g/mol. The topological polar surface area (TPSA) is 73.1 Å². The first kappa shape index (κ1) is 22.6. The number of imidazole rings is 2. The molecule has 1 fully saturated rings. The van der Waals surface area contributed by atoms with Gasteiger partial charge >= 0.3 is 0 Å². The highest BCUT2D eigenvalue weighted by atomic mass is 16.5. The molecular formula is C31H28N6O. The monoisotopic (exact) mass is 500 g/mol. The van der Waals surface area contributed by atoms with Gasteiger partial charge < -0.3 is 24.5 Å². The summed E-state index contributed by atoms with van der Waals surface area (Å²) in [5.41, 5.74) is 7.19. The Morgan fingerprint density at radius 1 is 0.632 bits per heavy atom. The lowest BCUT2D eigenvalue weighted by Gasteiger charge is -2.34. The van der Waals surface area contributed by atoms with Gasteiger partial charge in [0.1, 0.15) is 23.1 Å². The van der Waals surface area contributed by atoms with E-state index in [0.717, 1.165) is 82.5 Å². The maximum atomic E-state index is 5.92. The Morgan fingerprint density at radius 2 is 1.24 bits per heavy atom. The number of benzene rings is 4. The van der Waals surface area contributed by atoms with E-state index >= 15 is 0 Å². The Labute approximate surface area is 220 Å². The molecule has 6 aromatic rings. The Balaban J connectivity index is 1.13. The number of anilines is 1. The predicted molar refractivity (Wildman–Crippen MR) is 153 cm³/mol. The smallest absolute Gasteiger partial charge is 0.138 e. The SMILES string of the molecule is CN1CCN(c2ccc3nc(-c4ccc5nc(-c6ccc(Oc7ccccc7)cc6)[nH]c5c4)[nH]c3c2)CC1. The highest BCUT2D eigenvalue weighted by Gasteiger charge is 2.16. The first-order valence-electron chi connectivity index (χ1n) is 12.9. The van der Waals surface area contributed by atoms with Crippen molar-refractivity contribution < 1.29 is 4.74 Å². The molecule has 1 aliphatic rings. The van der Waals surface area contributed by atoms with Crippen molar-refractivity contribution in [3.63, 3.8) is 0 Å². The van der Waals surface area contributed by atoms with Gasteiger partial charge in [0.05, 0.1) is 22.1 Å². The van der Waals surface area contributed by atoms with Gasteiger partial charge in [0.25, 0.3) is 0 Å². The molecule has 1 saturated heterocycles. The summed E-state index contributed by atoms with van der Waals surface area (Å²) in [5, 5.41) is 0. The summed E-state index contributed by atoms with van der Waals surface area (Å²) >= 11 is 0. The first-order valence-corrected chi connectivity index (χ1v) is 12.9. The van der Waals surface area contributed by atoms with Crippen LogP contribution in [0.4, 0.5) is 5.69 Å². The number of nitrogens with one attached hydrogen (secondary N) is 2. The van der Waals surface area contributed by atoms with E-state index < -0.39 is 0 Å². The zero-order chi connectivity index (χ0) is 25.5. The van der Waals surface area contributed by atoms with E-state index in [4.69, 9.17) is 14.7 Å². The van der Waals surface area contributed by atoms with Gasteiger partial charge in [-0.15, -0.1) is 0 Å². The molecule has 0 atom stereocenters. The minimum atomic E-state index is 0.791. The lowest BCUT2D eigenvalue weighted by atomic mass is 10.2. The van der Waals surface area contributed by atoms with Gasteiger partial charge in [0.2, 0.25) is 0 Å². The summed E-state index contributed by atoms with van der Waals surface area (Å²) in [6, 6.07) is 30.5. The number of H-pyrrole nitrogens is 2. The fraction of sp³-hybridized carbons (Fsp3) is 0.161.